The molecule has 0 bridgehead atoms. The van der Waals surface area contributed by atoms with Crippen LogP contribution >= 0.6 is 0 Å². The molecule has 0 aliphatic carbocycles. The van der Waals surface area contributed by atoms with Crippen molar-refractivity contribution in [1.29, 1.82) is 0 Å². The maximum atomic E-state index is 12.8. The van der Waals surface area contributed by atoms with Crippen molar-refractivity contribution in [3.05, 3.63) is 29.5 Å². The number of carbonyl (C=O) groups is 3. The molecule has 2 aliphatic heterocycles. The summed E-state index contributed by atoms with van der Waals surface area (Å²) in [7, 11) is 0. The number of fused-ring (bicyclic) bond motifs is 1. The van der Waals surface area contributed by atoms with Gasteiger partial charge in [0.05, 0.1) is 18.9 Å². The summed E-state index contributed by atoms with van der Waals surface area (Å²) in [6, 6.07) is 5.28. The molecule has 9 nitrogen and oxygen atoms in total. The van der Waals surface area contributed by atoms with Crippen LogP contribution < -0.4 is 0 Å². The van der Waals surface area contributed by atoms with Crippen LogP contribution in [0.5, 0.6) is 0 Å². The molecule has 2 aromatic rings. The van der Waals surface area contributed by atoms with Gasteiger partial charge in [-0.25, -0.2) is 0 Å². The SMILES string of the molecule is Cc1noc2cc(C(=O)N3CCN(C(=O)C(=O)N4CCOCC4)CC3)ccc12. The number of piperazine rings is 1. The van der Waals surface area contributed by atoms with Crippen molar-refractivity contribution >= 4 is 28.7 Å². The van der Waals surface area contributed by atoms with Gasteiger partial charge in [-0.15, -0.1) is 0 Å². The second-order valence-corrected chi connectivity index (χ2v) is 6.97. The van der Waals surface area contributed by atoms with Gasteiger partial charge in [0.15, 0.2) is 5.58 Å². The minimum atomic E-state index is -0.507. The summed E-state index contributed by atoms with van der Waals surface area (Å²) < 4.78 is 10.4. The lowest BCUT2D eigenvalue weighted by Gasteiger charge is -2.35. The van der Waals surface area contributed by atoms with Gasteiger partial charge in [0.25, 0.3) is 5.91 Å². The van der Waals surface area contributed by atoms with E-state index in [-0.39, 0.29) is 5.91 Å². The number of hydrogen-bond donors (Lipinski definition) is 0. The monoisotopic (exact) mass is 386 g/mol. The number of nitrogens with zero attached hydrogens (tertiary/aromatic N) is 4. The summed E-state index contributed by atoms with van der Waals surface area (Å²) in [5, 5.41) is 4.79. The lowest BCUT2D eigenvalue weighted by Crippen LogP contribution is -2.55. The van der Waals surface area contributed by atoms with E-state index in [9.17, 15) is 14.4 Å². The molecule has 1 aromatic carbocycles. The normalized spacial score (nSPS) is 17.8. The van der Waals surface area contributed by atoms with E-state index >= 15 is 0 Å². The number of hydrogen-bond acceptors (Lipinski definition) is 6. The first-order valence-electron chi connectivity index (χ1n) is 9.36. The summed E-state index contributed by atoms with van der Waals surface area (Å²) in [6.45, 7) is 5.07. The van der Waals surface area contributed by atoms with Crippen LogP contribution in [0.25, 0.3) is 11.0 Å². The van der Waals surface area contributed by atoms with Crippen molar-refractivity contribution in [2.75, 3.05) is 52.5 Å². The Kier molecular flexibility index (Phi) is 4.99. The molecule has 2 saturated heterocycles. The Morgan fingerprint density at radius 3 is 2.18 bits per heavy atom. The Morgan fingerprint density at radius 1 is 0.893 bits per heavy atom. The van der Waals surface area contributed by atoms with Crippen molar-refractivity contribution in [3.8, 4) is 0 Å². The van der Waals surface area contributed by atoms with Crippen molar-refractivity contribution < 1.29 is 23.6 Å². The average molecular weight is 386 g/mol. The number of morpholine rings is 1. The van der Waals surface area contributed by atoms with Gasteiger partial charge in [-0.1, -0.05) is 5.16 Å². The molecule has 2 fully saturated rings. The van der Waals surface area contributed by atoms with E-state index in [1.165, 1.54) is 9.80 Å². The van der Waals surface area contributed by atoms with Crippen molar-refractivity contribution in [3.63, 3.8) is 0 Å². The first kappa shape index (κ1) is 18.4. The molecule has 0 atom stereocenters. The predicted molar refractivity (Wildman–Crippen MR) is 98.6 cm³/mol. The van der Waals surface area contributed by atoms with E-state index in [0.717, 1.165) is 11.1 Å². The highest BCUT2D eigenvalue weighted by Crippen LogP contribution is 2.20. The molecule has 0 radical (unpaired) electrons. The predicted octanol–water partition coefficient (Wildman–Crippen LogP) is 0.279. The van der Waals surface area contributed by atoms with Crippen LogP contribution in [0, 0.1) is 6.92 Å². The van der Waals surface area contributed by atoms with Crippen LogP contribution in [0.3, 0.4) is 0 Å². The van der Waals surface area contributed by atoms with Crippen molar-refractivity contribution in [2.24, 2.45) is 0 Å². The number of benzene rings is 1. The van der Waals surface area contributed by atoms with E-state index in [0.29, 0.717) is 63.6 Å². The second-order valence-electron chi connectivity index (χ2n) is 6.97. The van der Waals surface area contributed by atoms with Gasteiger partial charge in [-0.3, -0.25) is 14.4 Å². The highest BCUT2D eigenvalue weighted by Gasteiger charge is 2.31. The van der Waals surface area contributed by atoms with E-state index in [4.69, 9.17) is 9.26 Å². The molecule has 0 spiro atoms. The van der Waals surface area contributed by atoms with E-state index in [1.54, 1.807) is 17.0 Å². The van der Waals surface area contributed by atoms with E-state index < -0.39 is 11.8 Å². The van der Waals surface area contributed by atoms with Crippen molar-refractivity contribution in [2.45, 2.75) is 6.92 Å². The van der Waals surface area contributed by atoms with E-state index in [2.05, 4.69) is 5.16 Å². The third kappa shape index (κ3) is 3.45. The summed E-state index contributed by atoms with van der Waals surface area (Å²) in [5.74, 6) is -1.12. The zero-order chi connectivity index (χ0) is 19.7. The van der Waals surface area contributed by atoms with Gasteiger partial charge in [-0.2, -0.15) is 0 Å². The first-order valence-corrected chi connectivity index (χ1v) is 9.36. The standard InChI is InChI=1S/C19H22N4O5/c1-13-15-3-2-14(12-16(15)28-20-13)17(24)21-4-6-22(7-5-21)18(25)19(26)23-8-10-27-11-9-23/h2-3,12H,4-11H2,1H3. The molecule has 148 valence electrons. The van der Waals surface area contributed by atoms with Gasteiger partial charge in [0.2, 0.25) is 0 Å². The Hall–Kier alpha value is -2.94. The quantitative estimate of drug-likeness (QED) is 0.653. The number of aromatic nitrogens is 1. The average Bonchev–Trinajstić information content (AvgIpc) is 3.13. The summed E-state index contributed by atoms with van der Waals surface area (Å²) in [6.07, 6.45) is 0. The van der Waals surface area contributed by atoms with Gasteiger partial charge in [0, 0.05) is 50.2 Å². The molecule has 28 heavy (non-hydrogen) atoms. The number of ether oxygens (including phenoxy) is 1. The molecule has 0 saturated carbocycles. The Labute approximate surface area is 161 Å². The van der Waals surface area contributed by atoms with Gasteiger partial charge < -0.3 is 24.0 Å². The maximum absolute atomic E-state index is 12.8. The maximum Gasteiger partial charge on any atom is 0.312 e. The van der Waals surface area contributed by atoms with Crippen LogP contribution in [0.4, 0.5) is 0 Å². The van der Waals surface area contributed by atoms with E-state index in [1.807, 2.05) is 13.0 Å². The number of aryl methyl sites for hydroxylation is 1. The summed E-state index contributed by atoms with van der Waals surface area (Å²) in [5.41, 5.74) is 1.88. The van der Waals surface area contributed by atoms with Crippen LogP contribution in [0.1, 0.15) is 16.1 Å². The lowest BCUT2D eigenvalue weighted by atomic mass is 10.1. The fourth-order valence-corrected chi connectivity index (χ4v) is 3.53. The number of rotatable bonds is 1. The topological polar surface area (TPSA) is 96.2 Å². The molecule has 0 N–H and O–H groups in total. The van der Waals surface area contributed by atoms with Crippen LogP contribution in [-0.2, 0) is 14.3 Å². The minimum absolute atomic E-state index is 0.123. The second kappa shape index (κ2) is 7.59. The third-order valence-electron chi connectivity index (χ3n) is 5.23. The third-order valence-corrected chi connectivity index (χ3v) is 5.23. The van der Waals surface area contributed by atoms with Crippen molar-refractivity contribution in [1.82, 2.24) is 19.9 Å². The molecular formula is C19H22N4O5. The number of amides is 3. The molecule has 3 heterocycles. The van der Waals surface area contributed by atoms with Crippen LogP contribution in [-0.4, -0.2) is 90.1 Å². The zero-order valence-electron chi connectivity index (χ0n) is 15.7. The largest absolute Gasteiger partial charge is 0.378 e. The van der Waals surface area contributed by atoms with Gasteiger partial charge >= 0.3 is 11.8 Å². The lowest BCUT2D eigenvalue weighted by molar-refractivity contribution is -0.154. The fourth-order valence-electron chi connectivity index (χ4n) is 3.53. The van der Waals surface area contributed by atoms with Crippen LogP contribution in [0.2, 0.25) is 0 Å². The molecule has 2 aliphatic rings. The molecule has 4 rings (SSSR count). The Morgan fingerprint density at radius 2 is 1.50 bits per heavy atom. The molecule has 3 amide bonds. The fraction of sp³-hybridized carbons (Fsp3) is 0.474. The van der Waals surface area contributed by atoms with Gasteiger partial charge in [0.1, 0.15) is 0 Å². The Balaban J connectivity index is 1.36. The number of carbonyl (C=O) groups excluding carboxylic acids is 3. The molecule has 0 unspecified atom stereocenters. The zero-order valence-corrected chi connectivity index (χ0v) is 15.7. The highest BCUT2D eigenvalue weighted by molar-refractivity contribution is 6.35. The Bertz CT molecular complexity index is 910. The molecule has 9 heteroatoms. The van der Waals surface area contributed by atoms with Gasteiger partial charge in [-0.05, 0) is 25.1 Å². The highest BCUT2D eigenvalue weighted by atomic mass is 16.5. The smallest absolute Gasteiger partial charge is 0.312 e. The van der Waals surface area contributed by atoms with Crippen LogP contribution in [0.15, 0.2) is 22.7 Å². The first-order chi connectivity index (χ1) is 13.5. The summed E-state index contributed by atoms with van der Waals surface area (Å²) in [4.78, 5) is 42.3. The minimum Gasteiger partial charge on any atom is -0.378 e. The summed E-state index contributed by atoms with van der Waals surface area (Å²) >= 11 is 0. The molecule has 1 aromatic heterocycles. The molecular weight excluding hydrogens is 364 g/mol.